The van der Waals surface area contributed by atoms with Gasteiger partial charge >= 0.3 is 6.03 Å². The summed E-state index contributed by atoms with van der Waals surface area (Å²) in [5.41, 5.74) is 2.17. The van der Waals surface area contributed by atoms with E-state index in [0.29, 0.717) is 25.6 Å². The van der Waals surface area contributed by atoms with Gasteiger partial charge in [0.1, 0.15) is 5.76 Å². The standard InChI is InChI=1S/C17H26N4O2/c1-5-20(12-16-7-6-8-23-16)17(22)18-10-13(2)11-21-15(4)9-14(3)19-21/h6-9,13H,5,10-12H2,1-4H3,(H,18,22). The number of hydrogen-bond acceptors (Lipinski definition) is 3. The van der Waals surface area contributed by atoms with E-state index in [0.717, 1.165) is 23.7 Å². The summed E-state index contributed by atoms with van der Waals surface area (Å²) in [6, 6.07) is 5.70. The molecule has 0 aliphatic heterocycles. The minimum Gasteiger partial charge on any atom is -0.467 e. The fourth-order valence-electron chi connectivity index (χ4n) is 2.51. The molecule has 0 fully saturated rings. The van der Waals surface area contributed by atoms with Crippen LogP contribution in [0.15, 0.2) is 28.9 Å². The number of furan rings is 1. The third kappa shape index (κ3) is 4.87. The first-order valence-electron chi connectivity index (χ1n) is 8.05. The molecule has 126 valence electrons. The van der Waals surface area contributed by atoms with Crippen LogP contribution in [0.1, 0.15) is 31.0 Å². The summed E-state index contributed by atoms with van der Waals surface area (Å²) in [6.45, 7) is 10.6. The number of carbonyl (C=O) groups is 1. The highest BCUT2D eigenvalue weighted by molar-refractivity contribution is 5.74. The zero-order valence-corrected chi connectivity index (χ0v) is 14.4. The second kappa shape index (κ2) is 7.85. The maximum Gasteiger partial charge on any atom is 0.317 e. The van der Waals surface area contributed by atoms with Crippen molar-refractivity contribution in [3.05, 3.63) is 41.6 Å². The van der Waals surface area contributed by atoms with Gasteiger partial charge in [-0.1, -0.05) is 6.92 Å². The van der Waals surface area contributed by atoms with Crippen molar-refractivity contribution in [3.63, 3.8) is 0 Å². The lowest BCUT2D eigenvalue weighted by molar-refractivity contribution is 0.191. The SMILES string of the molecule is CCN(Cc1ccco1)C(=O)NCC(C)Cn1nc(C)cc1C. The maximum absolute atomic E-state index is 12.3. The Morgan fingerprint density at radius 2 is 2.26 bits per heavy atom. The van der Waals surface area contributed by atoms with Gasteiger partial charge in [-0.05, 0) is 44.9 Å². The molecule has 6 heteroatoms. The molecule has 2 aromatic rings. The summed E-state index contributed by atoms with van der Waals surface area (Å²) >= 11 is 0. The van der Waals surface area contributed by atoms with Gasteiger partial charge in [-0.3, -0.25) is 4.68 Å². The van der Waals surface area contributed by atoms with Crippen LogP contribution in [-0.2, 0) is 13.1 Å². The Labute approximate surface area is 137 Å². The lowest BCUT2D eigenvalue weighted by Crippen LogP contribution is -2.41. The minimum atomic E-state index is -0.0656. The molecule has 6 nitrogen and oxygen atoms in total. The van der Waals surface area contributed by atoms with E-state index in [1.807, 2.05) is 37.6 Å². The fourth-order valence-corrected chi connectivity index (χ4v) is 2.51. The van der Waals surface area contributed by atoms with Gasteiger partial charge in [-0.15, -0.1) is 0 Å². The van der Waals surface area contributed by atoms with Crippen LogP contribution in [0.25, 0.3) is 0 Å². The Kier molecular flexibility index (Phi) is 5.84. The molecular formula is C17H26N4O2. The molecule has 0 aliphatic carbocycles. The Morgan fingerprint density at radius 3 is 2.83 bits per heavy atom. The van der Waals surface area contributed by atoms with Crippen LogP contribution in [0, 0.1) is 19.8 Å². The van der Waals surface area contributed by atoms with Gasteiger partial charge in [0, 0.05) is 25.3 Å². The average molecular weight is 318 g/mol. The summed E-state index contributed by atoms with van der Waals surface area (Å²) < 4.78 is 7.30. The highest BCUT2D eigenvalue weighted by atomic mass is 16.3. The average Bonchev–Trinajstić information content (AvgIpc) is 3.12. The molecule has 0 bridgehead atoms. The number of nitrogens with one attached hydrogen (secondary N) is 1. The zero-order valence-electron chi connectivity index (χ0n) is 14.4. The van der Waals surface area contributed by atoms with Crippen LogP contribution in [-0.4, -0.2) is 33.8 Å². The summed E-state index contributed by atoms with van der Waals surface area (Å²) in [5.74, 6) is 1.09. The van der Waals surface area contributed by atoms with Crippen molar-refractivity contribution in [2.24, 2.45) is 5.92 Å². The lowest BCUT2D eigenvalue weighted by Gasteiger charge is -2.22. The molecule has 1 atom stereocenters. The number of aromatic nitrogens is 2. The van der Waals surface area contributed by atoms with Crippen molar-refractivity contribution in [3.8, 4) is 0 Å². The molecule has 0 radical (unpaired) electrons. The van der Waals surface area contributed by atoms with Gasteiger partial charge in [0.05, 0.1) is 18.5 Å². The minimum absolute atomic E-state index is 0.0656. The second-order valence-electron chi connectivity index (χ2n) is 5.99. The first kappa shape index (κ1) is 17.1. The van der Waals surface area contributed by atoms with E-state index in [4.69, 9.17) is 4.42 Å². The second-order valence-corrected chi connectivity index (χ2v) is 5.99. The number of aryl methyl sites for hydroxylation is 2. The smallest absolute Gasteiger partial charge is 0.317 e. The third-order valence-electron chi connectivity index (χ3n) is 3.79. The topological polar surface area (TPSA) is 63.3 Å². The molecule has 2 amide bonds. The van der Waals surface area contributed by atoms with Gasteiger partial charge in [-0.25, -0.2) is 4.79 Å². The van der Waals surface area contributed by atoms with Crippen molar-refractivity contribution in [1.82, 2.24) is 20.0 Å². The predicted octanol–water partition coefficient (Wildman–Crippen LogP) is 2.96. The van der Waals surface area contributed by atoms with Gasteiger partial charge in [-0.2, -0.15) is 5.10 Å². The van der Waals surface area contributed by atoms with Crippen molar-refractivity contribution >= 4 is 6.03 Å². The van der Waals surface area contributed by atoms with Gasteiger partial charge < -0.3 is 14.6 Å². The van der Waals surface area contributed by atoms with E-state index in [9.17, 15) is 4.79 Å². The lowest BCUT2D eigenvalue weighted by atomic mass is 10.2. The van der Waals surface area contributed by atoms with Crippen LogP contribution in [0.2, 0.25) is 0 Å². The Balaban J connectivity index is 1.81. The number of carbonyl (C=O) groups excluding carboxylic acids is 1. The largest absolute Gasteiger partial charge is 0.467 e. The molecule has 1 N–H and O–H groups in total. The Hall–Kier alpha value is -2.24. The van der Waals surface area contributed by atoms with Crippen LogP contribution < -0.4 is 5.32 Å². The first-order valence-corrected chi connectivity index (χ1v) is 8.05. The number of urea groups is 1. The van der Waals surface area contributed by atoms with E-state index < -0.39 is 0 Å². The van der Waals surface area contributed by atoms with Crippen molar-refractivity contribution in [1.29, 1.82) is 0 Å². The van der Waals surface area contributed by atoms with Crippen molar-refractivity contribution in [2.75, 3.05) is 13.1 Å². The van der Waals surface area contributed by atoms with Crippen LogP contribution >= 0.6 is 0 Å². The number of nitrogens with zero attached hydrogens (tertiary/aromatic N) is 3. The van der Waals surface area contributed by atoms with Crippen molar-refractivity contribution in [2.45, 2.75) is 40.8 Å². The van der Waals surface area contributed by atoms with E-state index in [1.54, 1.807) is 11.2 Å². The Bertz CT molecular complexity index is 619. The summed E-state index contributed by atoms with van der Waals surface area (Å²) in [4.78, 5) is 14.0. The normalized spacial score (nSPS) is 12.2. The van der Waals surface area contributed by atoms with Crippen molar-refractivity contribution < 1.29 is 9.21 Å². The third-order valence-corrected chi connectivity index (χ3v) is 3.79. The molecule has 2 heterocycles. The molecule has 1 unspecified atom stereocenters. The monoisotopic (exact) mass is 318 g/mol. The molecule has 0 spiro atoms. The van der Waals surface area contributed by atoms with E-state index in [2.05, 4.69) is 23.4 Å². The van der Waals surface area contributed by atoms with Gasteiger partial charge in [0.2, 0.25) is 0 Å². The van der Waals surface area contributed by atoms with Crippen LogP contribution in [0.3, 0.4) is 0 Å². The Morgan fingerprint density at radius 1 is 1.48 bits per heavy atom. The molecule has 0 aliphatic rings. The predicted molar refractivity (Wildman–Crippen MR) is 89.1 cm³/mol. The molecule has 23 heavy (non-hydrogen) atoms. The highest BCUT2D eigenvalue weighted by Gasteiger charge is 2.15. The van der Waals surface area contributed by atoms with Crippen LogP contribution in [0.4, 0.5) is 4.79 Å². The van der Waals surface area contributed by atoms with Gasteiger partial charge in [0.15, 0.2) is 0 Å². The van der Waals surface area contributed by atoms with E-state index in [1.165, 1.54) is 0 Å². The summed E-state index contributed by atoms with van der Waals surface area (Å²) in [7, 11) is 0. The molecule has 2 aromatic heterocycles. The maximum atomic E-state index is 12.3. The van der Waals surface area contributed by atoms with Crippen LogP contribution in [0.5, 0.6) is 0 Å². The molecular weight excluding hydrogens is 292 g/mol. The quantitative estimate of drug-likeness (QED) is 0.853. The summed E-state index contributed by atoms with van der Waals surface area (Å²) in [6.07, 6.45) is 1.62. The van der Waals surface area contributed by atoms with E-state index >= 15 is 0 Å². The molecule has 0 saturated heterocycles. The number of hydrogen-bond donors (Lipinski definition) is 1. The highest BCUT2D eigenvalue weighted by Crippen LogP contribution is 2.07. The number of rotatable bonds is 7. The molecule has 0 aromatic carbocycles. The first-order chi connectivity index (χ1) is 11.0. The molecule has 2 rings (SSSR count). The van der Waals surface area contributed by atoms with Gasteiger partial charge in [0.25, 0.3) is 0 Å². The molecule has 0 saturated carbocycles. The van der Waals surface area contributed by atoms with E-state index in [-0.39, 0.29) is 6.03 Å². The number of amides is 2. The fraction of sp³-hybridized carbons (Fsp3) is 0.529. The summed E-state index contributed by atoms with van der Waals surface area (Å²) in [5, 5.41) is 7.46. The zero-order chi connectivity index (χ0) is 16.8.